The first-order valence-electron chi connectivity index (χ1n) is 11.4. The van der Waals surface area contributed by atoms with E-state index in [1.807, 2.05) is 0 Å². The topological polar surface area (TPSA) is 134 Å². The van der Waals surface area contributed by atoms with E-state index < -0.39 is 17.8 Å². The highest BCUT2D eigenvalue weighted by atomic mass is 79.9. The van der Waals surface area contributed by atoms with Crippen LogP contribution in [0.5, 0.6) is 28.7 Å². The van der Waals surface area contributed by atoms with Crippen molar-refractivity contribution in [3.05, 3.63) is 75.8 Å². The van der Waals surface area contributed by atoms with Gasteiger partial charge in [-0.2, -0.15) is 5.10 Å². The zero-order valence-electron chi connectivity index (χ0n) is 21.6. The zero-order chi connectivity index (χ0) is 28.4. The summed E-state index contributed by atoms with van der Waals surface area (Å²) in [4.78, 5) is 37.4. The fraction of sp³-hybridized carbons (Fsp3) is 0.185. The Labute approximate surface area is 233 Å². The van der Waals surface area contributed by atoms with E-state index in [1.165, 1.54) is 46.8 Å². The molecular formula is C27H26BrN3O8. The number of carbonyl (C=O) groups excluding carboxylic acids is 3. The Morgan fingerprint density at radius 3 is 1.95 bits per heavy atom. The first-order valence-corrected chi connectivity index (χ1v) is 12.1. The van der Waals surface area contributed by atoms with Gasteiger partial charge in [0.15, 0.2) is 23.0 Å². The summed E-state index contributed by atoms with van der Waals surface area (Å²) in [5.41, 5.74) is 3.27. The van der Waals surface area contributed by atoms with Crippen LogP contribution in [0.25, 0.3) is 0 Å². The van der Waals surface area contributed by atoms with Gasteiger partial charge in [-0.25, -0.2) is 10.2 Å². The van der Waals surface area contributed by atoms with Crippen LogP contribution in [-0.4, -0.2) is 59.0 Å². The molecule has 0 fully saturated rings. The van der Waals surface area contributed by atoms with Gasteiger partial charge in [-0.15, -0.1) is 0 Å². The van der Waals surface area contributed by atoms with E-state index in [0.717, 1.165) is 0 Å². The number of amides is 2. The van der Waals surface area contributed by atoms with Gasteiger partial charge in [0, 0.05) is 15.6 Å². The number of hydrazone groups is 1. The first-order chi connectivity index (χ1) is 18.8. The third-order valence-electron chi connectivity index (χ3n) is 5.24. The molecule has 0 atom stereocenters. The predicted molar refractivity (Wildman–Crippen MR) is 146 cm³/mol. The minimum Gasteiger partial charge on any atom is -0.493 e. The smallest absolute Gasteiger partial charge is 0.343 e. The van der Waals surface area contributed by atoms with Gasteiger partial charge >= 0.3 is 5.97 Å². The van der Waals surface area contributed by atoms with Crippen molar-refractivity contribution in [3.8, 4) is 28.7 Å². The number of nitrogens with zero attached hydrogens (tertiary/aromatic N) is 1. The lowest BCUT2D eigenvalue weighted by molar-refractivity contribution is -0.120. The number of rotatable bonds is 11. The van der Waals surface area contributed by atoms with Crippen molar-refractivity contribution in [2.75, 3.05) is 35.0 Å². The van der Waals surface area contributed by atoms with Gasteiger partial charge in [-0.1, -0.05) is 15.9 Å². The molecule has 0 spiro atoms. The third kappa shape index (κ3) is 7.71. The average molecular weight is 600 g/mol. The van der Waals surface area contributed by atoms with Crippen LogP contribution >= 0.6 is 15.9 Å². The van der Waals surface area contributed by atoms with Gasteiger partial charge in [-0.05, 0) is 54.6 Å². The van der Waals surface area contributed by atoms with Crippen LogP contribution in [0.4, 0.5) is 0 Å². The van der Waals surface area contributed by atoms with Crippen molar-refractivity contribution in [1.29, 1.82) is 0 Å². The summed E-state index contributed by atoms with van der Waals surface area (Å²) < 4.78 is 27.0. The van der Waals surface area contributed by atoms with Crippen molar-refractivity contribution in [2.45, 2.75) is 0 Å². The number of nitrogens with one attached hydrogen (secondary N) is 2. The number of carbonyl (C=O) groups is 3. The predicted octanol–water partition coefficient (Wildman–Crippen LogP) is 3.58. The molecule has 0 aromatic heterocycles. The van der Waals surface area contributed by atoms with Crippen molar-refractivity contribution < 1.29 is 38.1 Å². The highest BCUT2D eigenvalue weighted by Crippen LogP contribution is 2.29. The summed E-state index contributed by atoms with van der Waals surface area (Å²) in [7, 11) is 5.90. The van der Waals surface area contributed by atoms with Crippen LogP contribution in [0.2, 0.25) is 0 Å². The van der Waals surface area contributed by atoms with Gasteiger partial charge in [0.25, 0.3) is 11.8 Å². The standard InChI is InChI=1S/C27H26BrN3O8/c1-35-21-8-5-16(12-23(21)37-3)26(33)29-15-25(32)31-30-14-18-11-19(28)7-10-20(18)39-27(34)17-6-9-22(36-2)24(13-17)38-4/h5-14H,15H2,1-4H3,(H,29,33)(H,31,32). The average Bonchev–Trinajstić information content (AvgIpc) is 2.96. The highest BCUT2D eigenvalue weighted by Gasteiger charge is 2.15. The molecule has 0 radical (unpaired) electrons. The lowest BCUT2D eigenvalue weighted by Crippen LogP contribution is -2.34. The molecule has 2 N–H and O–H groups in total. The Balaban J connectivity index is 1.62. The SMILES string of the molecule is COc1ccc(C(=O)NCC(=O)NN=Cc2cc(Br)ccc2OC(=O)c2ccc(OC)c(OC)c2)cc1OC. The molecule has 0 unspecified atom stereocenters. The van der Waals surface area contributed by atoms with Crippen LogP contribution in [0.15, 0.2) is 64.2 Å². The third-order valence-corrected chi connectivity index (χ3v) is 5.74. The number of ether oxygens (including phenoxy) is 5. The molecule has 0 saturated carbocycles. The molecule has 0 aliphatic rings. The molecule has 12 heteroatoms. The summed E-state index contributed by atoms with van der Waals surface area (Å²) in [6.45, 7) is -0.329. The van der Waals surface area contributed by atoms with Crippen LogP contribution < -0.4 is 34.4 Å². The van der Waals surface area contributed by atoms with Crippen molar-refractivity contribution >= 4 is 39.9 Å². The fourth-order valence-corrected chi connectivity index (χ4v) is 3.67. The fourth-order valence-electron chi connectivity index (χ4n) is 3.29. The number of methoxy groups -OCH3 is 4. The summed E-state index contributed by atoms with van der Waals surface area (Å²) in [5, 5.41) is 6.41. The monoisotopic (exact) mass is 599 g/mol. The molecular weight excluding hydrogens is 574 g/mol. The summed E-state index contributed by atoms with van der Waals surface area (Å²) in [5.74, 6) is 0.239. The molecule has 39 heavy (non-hydrogen) atoms. The molecule has 0 bridgehead atoms. The van der Waals surface area contributed by atoms with Gasteiger partial charge in [-0.3, -0.25) is 9.59 Å². The van der Waals surface area contributed by atoms with Gasteiger partial charge in [0.1, 0.15) is 5.75 Å². The number of benzene rings is 3. The molecule has 2 amide bonds. The van der Waals surface area contributed by atoms with E-state index in [4.69, 9.17) is 23.7 Å². The lowest BCUT2D eigenvalue weighted by atomic mass is 10.2. The van der Waals surface area contributed by atoms with Gasteiger partial charge < -0.3 is 29.0 Å². The molecule has 204 valence electrons. The Hall–Kier alpha value is -4.58. The van der Waals surface area contributed by atoms with E-state index >= 15 is 0 Å². The number of hydrogen-bond donors (Lipinski definition) is 2. The molecule has 0 aliphatic carbocycles. The van der Waals surface area contributed by atoms with Gasteiger partial charge in [0.05, 0.1) is 46.8 Å². The summed E-state index contributed by atoms with van der Waals surface area (Å²) >= 11 is 3.36. The number of halogens is 1. The van der Waals surface area contributed by atoms with E-state index in [2.05, 4.69) is 31.8 Å². The molecule has 0 saturated heterocycles. The van der Waals surface area contributed by atoms with Gasteiger partial charge in [0.2, 0.25) is 0 Å². The molecule has 3 aromatic carbocycles. The molecule has 3 rings (SSSR count). The minimum atomic E-state index is -0.630. The first kappa shape index (κ1) is 29.0. The van der Waals surface area contributed by atoms with Crippen LogP contribution in [0.1, 0.15) is 26.3 Å². The maximum absolute atomic E-state index is 12.7. The Bertz CT molecular complexity index is 1390. The lowest BCUT2D eigenvalue weighted by Gasteiger charge is -2.11. The largest absolute Gasteiger partial charge is 0.493 e. The molecule has 0 aliphatic heterocycles. The van der Waals surface area contributed by atoms with E-state index in [0.29, 0.717) is 38.6 Å². The van der Waals surface area contributed by atoms with E-state index in [-0.39, 0.29) is 17.9 Å². The van der Waals surface area contributed by atoms with Crippen molar-refractivity contribution in [3.63, 3.8) is 0 Å². The van der Waals surface area contributed by atoms with E-state index in [1.54, 1.807) is 42.5 Å². The second-order valence-corrected chi connectivity index (χ2v) is 8.60. The number of esters is 1. The van der Waals surface area contributed by atoms with Crippen molar-refractivity contribution in [1.82, 2.24) is 10.7 Å². The Kier molecular flexibility index (Phi) is 10.3. The zero-order valence-corrected chi connectivity index (χ0v) is 23.2. The quantitative estimate of drug-likeness (QED) is 0.148. The van der Waals surface area contributed by atoms with Crippen LogP contribution in [0.3, 0.4) is 0 Å². The summed E-state index contributed by atoms with van der Waals surface area (Å²) in [6.07, 6.45) is 1.32. The van der Waals surface area contributed by atoms with Crippen LogP contribution in [0, 0.1) is 0 Å². The minimum absolute atomic E-state index is 0.206. The second kappa shape index (κ2) is 13.8. The number of hydrogen-bond acceptors (Lipinski definition) is 9. The molecule has 11 nitrogen and oxygen atoms in total. The molecule has 3 aromatic rings. The Morgan fingerprint density at radius 2 is 1.33 bits per heavy atom. The second-order valence-electron chi connectivity index (χ2n) is 7.69. The Morgan fingerprint density at radius 1 is 0.769 bits per heavy atom. The highest BCUT2D eigenvalue weighted by molar-refractivity contribution is 9.10. The van der Waals surface area contributed by atoms with E-state index in [9.17, 15) is 14.4 Å². The van der Waals surface area contributed by atoms with Crippen LogP contribution in [-0.2, 0) is 4.79 Å². The molecule has 0 heterocycles. The maximum Gasteiger partial charge on any atom is 0.343 e. The van der Waals surface area contributed by atoms with Crippen molar-refractivity contribution in [2.24, 2.45) is 5.10 Å². The summed E-state index contributed by atoms with van der Waals surface area (Å²) in [6, 6.07) is 14.2. The normalized spacial score (nSPS) is 10.5. The maximum atomic E-state index is 12.7.